The molecular formula is C13H18N2O2. The number of carbonyl (C=O) groups excluding carboxylic acids is 1. The van der Waals surface area contributed by atoms with Crippen molar-refractivity contribution >= 4 is 5.78 Å². The summed E-state index contributed by atoms with van der Waals surface area (Å²) in [5.74, 6) is 0.122. The molecule has 0 spiro atoms. The molecular weight excluding hydrogens is 216 g/mol. The van der Waals surface area contributed by atoms with Crippen molar-refractivity contribution in [2.45, 2.75) is 25.4 Å². The maximum Gasteiger partial charge on any atom is 0.162 e. The molecule has 0 radical (unpaired) electrons. The zero-order chi connectivity index (χ0) is 11.9. The van der Waals surface area contributed by atoms with E-state index in [2.05, 4.69) is 10.3 Å². The zero-order valence-corrected chi connectivity index (χ0v) is 9.89. The van der Waals surface area contributed by atoms with Crippen LogP contribution in [0.3, 0.4) is 0 Å². The maximum absolute atomic E-state index is 11.7. The Kier molecular flexibility index (Phi) is 4.64. The van der Waals surface area contributed by atoms with Gasteiger partial charge < -0.3 is 10.1 Å². The van der Waals surface area contributed by atoms with Crippen LogP contribution in [-0.4, -0.2) is 36.6 Å². The number of hydrogen-bond acceptors (Lipinski definition) is 4. The monoisotopic (exact) mass is 234 g/mol. The Bertz CT molecular complexity index is 348. The van der Waals surface area contributed by atoms with Gasteiger partial charge in [0.1, 0.15) is 6.61 Å². The topological polar surface area (TPSA) is 51.2 Å². The Balaban J connectivity index is 1.70. The molecule has 1 saturated heterocycles. The molecule has 0 atom stereocenters. The molecule has 0 aliphatic carbocycles. The van der Waals surface area contributed by atoms with Gasteiger partial charge >= 0.3 is 0 Å². The molecule has 4 heteroatoms. The number of Topliss-reactive ketones (excluding diaryl/α,β-unsaturated/α-hetero) is 1. The third-order valence-electron chi connectivity index (χ3n) is 2.89. The smallest absolute Gasteiger partial charge is 0.162 e. The van der Waals surface area contributed by atoms with Gasteiger partial charge in [-0.1, -0.05) is 6.07 Å². The van der Waals surface area contributed by atoms with Gasteiger partial charge in [0.05, 0.1) is 6.10 Å². The van der Waals surface area contributed by atoms with Gasteiger partial charge in [-0.25, -0.2) is 0 Å². The van der Waals surface area contributed by atoms with Crippen LogP contribution < -0.4 is 5.32 Å². The number of nitrogens with one attached hydrogen (secondary N) is 1. The Morgan fingerprint density at radius 3 is 3.00 bits per heavy atom. The van der Waals surface area contributed by atoms with Crippen LogP contribution in [0.25, 0.3) is 0 Å². The van der Waals surface area contributed by atoms with E-state index in [4.69, 9.17) is 4.74 Å². The number of nitrogens with zero attached hydrogens (tertiary/aromatic N) is 1. The molecule has 0 amide bonds. The average Bonchev–Trinajstić information content (AvgIpc) is 2.39. The molecule has 1 aromatic rings. The first-order valence-electron chi connectivity index (χ1n) is 6.07. The van der Waals surface area contributed by atoms with Crippen LogP contribution >= 0.6 is 0 Å². The molecule has 0 bridgehead atoms. The van der Waals surface area contributed by atoms with E-state index in [0.29, 0.717) is 6.42 Å². The third-order valence-corrected chi connectivity index (χ3v) is 2.89. The highest BCUT2D eigenvalue weighted by Crippen LogP contribution is 2.07. The van der Waals surface area contributed by atoms with Crippen LogP contribution in [0.5, 0.6) is 0 Å². The Labute approximate surface area is 101 Å². The fourth-order valence-corrected chi connectivity index (χ4v) is 1.95. The van der Waals surface area contributed by atoms with Gasteiger partial charge in [-0.15, -0.1) is 0 Å². The van der Waals surface area contributed by atoms with Crippen molar-refractivity contribution in [3.63, 3.8) is 0 Å². The van der Waals surface area contributed by atoms with E-state index in [9.17, 15) is 4.79 Å². The first-order chi connectivity index (χ1) is 8.34. The van der Waals surface area contributed by atoms with Crippen LogP contribution in [0.1, 0.15) is 18.4 Å². The standard InChI is InChI=1S/C13H18N2O2/c16-12(8-11-2-1-5-15-9-11)10-17-13-3-6-14-7-4-13/h1-2,5,9,13-14H,3-4,6-8,10H2. The fourth-order valence-electron chi connectivity index (χ4n) is 1.95. The first kappa shape index (κ1) is 12.2. The number of pyridine rings is 1. The van der Waals surface area contributed by atoms with Crippen LogP contribution in [0.15, 0.2) is 24.5 Å². The van der Waals surface area contributed by atoms with Crippen LogP contribution in [0.2, 0.25) is 0 Å². The Morgan fingerprint density at radius 1 is 1.47 bits per heavy atom. The summed E-state index contributed by atoms with van der Waals surface area (Å²) >= 11 is 0. The number of rotatable bonds is 5. The molecule has 0 aromatic carbocycles. The molecule has 4 nitrogen and oxygen atoms in total. The van der Waals surface area contributed by atoms with E-state index in [0.717, 1.165) is 31.5 Å². The van der Waals surface area contributed by atoms with Gasteiger partial charge in [0, 0.05) is 18.8 Å². The lowest BCUT2D eigenvalue weighted by Gasteiger charge is -2.22. The van der Waals surface area contributed by atoms with E-state index >= 15 is 0 Å². The molecule has 1 aliphatic heterocycles. The zero-order valence-electron chi connectivity index (χ0n) is 9.89. The van der Waals surface area contributed by atoms with Gasteiger partial charge in [0.2, 0.25) is 0 Å². The van der Waals surface area contributed by atoms with Crippen LogP contribution in [0, 0.1) is 0 Å². The summed E-state index contributed by atoms with van der Waals surface area (Å²) in [6, 6.07) is 3.76. The molecule has 2 heterocycles. The van der Waals surface area contributed by atoms with E-state index in [1.54, 1.807) is 12.4 Å². The minimum atomic E-state index is 0.122. The molecule has 1 fully saturated rings. The number of ketones is 1. The summed E-state index contributed by atoms with van der Waals surface area (Å²) in [6.07, 6.45) is 6.09. The highest BCUT2D eigenvalue weighted by atomic mass is 16.5. The fraction of sp³-hybridized carbons (Fsp3) is 0.538. The van der Waals surface area contributed by atoms with Crippen LogP contribution in [-0.2, 0) is 16.0 Å². The second-order valence-electron chi connectivity index (χ2n) is 4.34. The maximum atomic E-state index is 11.7. The van der Waals surface area contributed by atoms with E-state index in [1.807, 2.05) is 12.1 Å². The van der Waals surface area contributed by atoms with Crippen molar-refractivity contribution < 1.29 is 9.53 Å². The summed E-state index contributed by atoms with van der Waals surface area (Å²) in [7, 11) is 0. The van der Waals surface area contributed by atoms with Crippen molar-refractivity contribution in [2.24, 2.45) is 0 Å². The normalized spacial score (nSPS) is 16.9. The Morgan fingerprint density at radius 2 is 2.29 bits per heavy atom. The van der Waals surface area contributed by atoms with Gasteiger partial charge in [0.15, 0.2) is 5.78 Å². The summed E-state index contributed by atoms with van der Waals surface area (Å²) in [5.41, 5.74) is 0.950. The molecule has 92 valence electrons. The second kappa shape index (κ2) is 6.47. The molecule has 1 aliphatic rings. The highest BCUT2D eigenvalue weighted by molar-refractivity contribution is 5.81. The lowest BCUT2D eigenvalue weighted by Crippen LogP contribution is -2.33. The summed E-state index contributed by atoms with van der Waals surface area (Å²) in [4.78, 5) is 15.7. The number of carbonyl (C=O) groups is 1. The minimum absolute atomic E-state index is 0.122. The highest BCUT2D eigenvalue weighted by Gasteiger charge is 2.14. The summed E-state index contributed by atoms with van der Waals surface area (Å²) in [6.45, 7) is 2.20. The van der Waals surface area contributed by atoms with Gasteiger partial charge in [-0.2, -0.15) is 0 Å². The second-order valence-corrected chi connectivity index (χ2v) is 4.34. The van der Waals surface area contributed by atoms with Crippen molar-refractivity contribution in [3.8, 4) is 0 Å². The number of piperidine rings is 1. The van der Waals surface area contributed by atoms with Crippen molar-refractivity contribution in [1.82, 2.24) is 10.3 Å². The van der Waals surface area contributed by atoms with Gasteiger partial charge in [-0.3, -0.25) is 9.78 Å². The van der Waals surface area contributed by atoms with E-state index in [1.165, 1.54) is 0 Å². The quantitative estimate of drug-likeness (QED) is 0.824. The van der Waals surface area contributed by atoms with Gasteiger partial charge in [-0.05, 0) is 37.6 Å². The summed E-state index contributed by atoms with van der Waals surface area (Å²) in [5, 5.41) is 3.27. The average molecular weight is 234 g/mol. The van der Waals surface area contributed by atoms with Crippen molar-refractivity contribution in [2.75, 3.05) is 19.7 Å². The number of ether oxygens (including phenoxy) is 1. The molecule has 0 unspecified atom stereocenters. The summed E-state index contributed by atoms with van der Waals surface area (Å²) < 4.78 is 5.61. The molecule has 0 saturated carbocycles. The van der Waals surface area contributed by atoms with Crippen molar-refractivity contribution in [3.05, 3.63) is 30.1 Å². The van der Waals surface area contributed by atoms with E-state index in [-0.39, 0.29) is 18.5 Å². The Hall–Kier alpha value is -1.26. The van der Waals surface area contributed by atoms with E-state index < -0.39 is 0 Å². The lowest BCUT2D eigenvalue weighted by molar-refractivity contribution is -0.125. The minimum Gasteiger partial charge on any atom is -0.370 e. The molecule has 2 rings (SSSR count). The molecule has 1 N–H and O–H groups in total. The van der Waals surface area contributed by atoms with Crippen LogP contribution in [0.4, 0.5) is 0 Å². The first-order valence-corrected chi connectivity index (χ1v) is 6.07. The van der Waals surface area contributed by atoms with Gasteiger partial charge in [0.25, 0.3) is 0 Å². The number of hydrogen-bond donors (Lipinski definition) is 1. The lowest BCUT2D eigenvalue weighted by atomic mass is 10.1. The van der Waals surface area contributed by atoms with Crippen molar-refractivity contribution in [1.29, 1.82) is 0 Å². The largest absolute Gasteiger partial charge is 0.370 e. The molecule has 17 heavy (non-hydrogen) atoms. The SMILES string of the molecule is O=C(COC1CCNCC1)Cc1cccnc1. The predicted molar refractivity (Wildman–Crippen MR) is 64.8 cm³/mol. The molecule has 1 aromatic heterocycles. The predicted octanol–water partition coefficient (Wildman–Crippen LogP) is 0.962. The number of aromatic nitrogens is 1. The third kappa shape index (κ3) is 4.24.